The summed E-state index contributed by atoms with van der Waals surface area (Å²) in [7, 11) is -2.18. The number of rotatable bonds is 5. The van der Waals surface area contributed by atoms with Crippen molar-refractivity contribution in [2.45, 2.75) is 18.0 Å². The van der Waals surface area contributed by atoms with Crippen molar-refractivity contribution < 1.29 is 13.5 Å². The number of hydrogen-bond acceptors (Lipinski definition) is 4. The highest BCUT2D eigenvalue weighted by molar-refractivity contribution is 7.89. The Morgan fingerprint density at radius 1 is 1.29 bits per heavy atom. The predicted molar refractivity (Wildman–Crippen MR) is 80.3 cm³/mol. The van der Waals surface area contributed by atoms with Gasteiger partial charge in [0.1, 0.15) is 0 Å². The molecular weight excluding hydrogens is 312 g/mol. The maximum atomic E-state index is 12.5. The maximum absolute atomic E-state index is 12.5. The van der Waals surface area contributed by atoms with Gasteiger partial charge >= 0.3 is 0 Å². The van der Waals surface area contributed by atoms with Gasteiger partial charge in [-0.25, -0.2) is 8.42 Å². The molecule has 1 heterocycles. The van der Waals surface area contributed by atoms with Crippen LogP contribution in [0.2, 0.25) is 5.02 Å². The van der Waals surface area contributed by atoms with Crippen molar-refractivity contribution in [2.75, 3.05) is 7.05 Å². The molecule has 0 spiro atoms. The summed E-state index contributed by atoms with van der Waals surface area (Å²) in [5.74, 6) is 0. The molecule has 0 bridgehead atoms. The maximum Gasteiger partial charge on any atom is 0.243 e. The Hall–Kier alpha value is -1.47. The molecule has 112 valence electrons. The van der Waals surface area contributed by atoms with Crippen LogP contribution in [0.5, 0.6) is 0 Å². The first kappa shape index (κ1) is 15.9. The summed E-state index contributed by atoms with van der Waals surface area (Å²) in [6.07, 6.45) is 1.61. The fourth-order valence-corrected chi connectivity index (χ4v) is 3.19. The van der Waals surface area contributed by atoms with Gasteiger partial charge in [-0.05, 0) is 35.9 Å². The summed E-state index contributed by atoms with van der Waals surface area (Å²) in [5.41, 5.74) is 1.03. The van der Waals surface area contributed by atoms with Crippen LogP contribution in [0.4, 0.5) is 0 Å². The molecule has 0 amide bonds. The molecule has 2 rings (SSSR count). The highest BCUT2D eigenvalue weighted by atomic mass is 35.5. The summed E-state index contributed by atoms with van der Waals surface area (Å²) in [4.78, 5) is 4.20. The molecule has 1 N–H and O–H groups in total. The van der Waals surface area contributed by atoms with Gasteiger partial charge in [0.25, 0.3) is 0 Å². The van der Waals surface area contributed by atoms with E-state index < -0.39 is 10.0 Å². The SMILES string of the molecule is CN(Cc1ccccn1)S(=O)(=O)c1ccc(Cl)c(CO)c1. The Bertz CT molecular complexity index is 720. The number of aromatic nitrogens is 1. The zero-order valence-corrected chi connectivity index (χ0v) is 13.0. The first-order chi connectivity index (χ1) is 9.95. The van der Waals surface area contributed by atoms with E-state index in [2.05, 4.69) is 4.98 Å². The Balaban J connectivity index is 2.29. The third-order valence-corrected chi connectivity index (χ3v) is 5.17. The monoisotopic (exact) mass is 326 g/mol. The number of hydrogen-bond donors (Lipinski definition) is 1. The van der Waals surface area contributed by atoms with Gasteiger partial charge in [0.2, 0.25) is 10.0 Å². The average molecular weight is 327 g/mol. The van der Waals surface area contributed by atoms with Crippen molar-refractivity contribution in [3.05, 3.63) is 58.9 Å². The van der Waals surface area contributed by atoms with Gasteiger partial charge in [0.05, 0.1) is 23.7 Å². The Labute approximate surface area is 128 Å². The smallest absolute Gasteiger partial charge is 0.243 e. The number of halogens is 1. The van der Waals surface area contributed by atoms with Gasteiger partial charge in [-0.15, -0.1) is 0 Å². The van der Waals surface area contributed by atoms with Crippen molar-refractivity contribution in [1.82, 2.24) is 9.29 Å². The quantitative estimate of drug-likeness (QED) is 0.913. The van der Waals surface area contributed by atoms with Gasteiger partial charge < -0.3 is 5.11 Å². The molecule has 0 radical (unpaired) electrons. The molecule has 7 heteroatoms. The van der Waals surface area contributed by atoms with E-state index in [0.717, 1.165) is 0 Å². The van der Waals surface area contributed by atoms with Gasteiger partial charge in [0, 0.05) is 18.3 Å². The van der Waals surface area contributed by atoms with Crippen LogP contribution >= 0.6 is 11.6 Å². The summed E-state index contributed by atoms with van der Waals surface area (Å²) in [6, 6.07) is 9.60. The molecule has 0 unspecified atom stereocenters. The first-order valence-corrected chi connectivity index (χ1v) is 8.02. The second kappa shape index (κ2) is 6.53. The molecule has 0 aliphatic heterocycles. The number of benzene rings is 1. The molecule has 2 aromatic rings. The van der Waals surface area contributed by atoms with E-state index in [1.54, 1.807) is 24.4 Å². The van der Waals surface area contributed by atoms with Gasteiger partial charge in [-0.1, -0.05) is 17.7 Å². The van der Waals surface area contributed by atoms with E-state index in [9.17, 15) is 13.5 Å². The molecule has 21 heavy (non-hydrogen) atoms. The van der Waals surface area contributed by atoms with Crippen molar-refractivity contribution in [3.63, 3.8) is 0 Å². The molecule has 0 atom stereocenters. The van der Waals surface area contributed by atoms with Crippen molar-refractivity contribution in [2.24, 2.45) is 0 Å². The number of nitrogens with zero attached hydrogens (tertiary/aromatic N) is 2. The number of pyridine rings is 1. The van der Waals surface area contributed by atoms with E-state index in [0.29, 0.717) is 16.3 Å². The summed E-state index contributed by atoms with van der Waals surface area (Å²) < 4.78 is 26.2. The Morgan fingerprint density at radius 3 is 2.67 bits per heavy atom. The van der Waals surface area contributed by atoms with Crippen molar-refractivity contribution in [3.8, 4) is 0 Å². The molecule has 5 nitrogen and oxygen atoms in total. The largest absolute Gasteiger partial charge is 0.392 e. The first-order valence-electron chi connectivity index (χ1n) is 6.20. The van der Waals surface area contributed by atoms with E-state index >= 15 is 0 Å². The van der Waals surface area contributed by atoms with Crippen LogP contribution in [0.1, 0.15) is 11.3 Å². The number of aliphatic hydroxyl groups is 1. The lowest BCUT2D eigenvalue weighted by Crippen LogP contribution is -2.27. The number of sulfonamides is 1. The minimum atomic E-state index is -3.66. The van der Waals surface area contributed by atoms with Crippen LogP contribution in [0.3, 0.4) is 0 Å². The second-order valence-electron chi connectivity index (χ2n) is 4.49. The van der Waals surface area contributed by atoms with Crippen LogP contribution in [0, 0.1) is 0 Å². The fourth-order valence-electron chi connectivity index (χ4n) is 1.82. The highest BCUT2D eigenvalue weighted by Crippen LogP contribution is 2.23. The Morgan fingerprint density at radius 2 is 2.05 bits per heavy atom. The molecular formula is C14H15ClN2O3S. The normalized spacial score (nSPS) is 11.8. The lowest BCUT2D eigenvalue weighted by molar-refractivity contribution is 0.281. The van der Waals surface area contributed by atoms with Crippen LogP contribution < -0.4 is 0 Å². The average Bonchev–Trinajstić information content (AvgIpc) is 2.48. The van der Waals surface area contributed by atoms with Crippen LogP contribution in [-0.2, 0) is 23.2 Å². The molecule has 0 aliphatic carbocycles. The summed E-state index contributed by atoms with van der Waals surface area (Å²) >= 11 is 5.88. The highest BCUT2D eigenvalue weighted by Gasteiger charge is 2.22. The van der Waals surface area contributed by atoms with Gasteiger partial charge in [0.15, 0.2) is 0 Å². The van der Waals surface area contributed by atoms with E-state index in [1.807, 2.05) is 0 Å². The van der Waals surface area contributed by atoms with E-state index in [-0.39, 0.29) is 18.0 Å². The van der Waals surface area contributed by atoms with Crippen LogP contribution in [0.15, 0.2) is 47.5 Å². The van der Waals surface area contributed by atoms with Crippen molar-refractivity contribution >= 4 is 21.6 Å². The van der Waals surface area contributed by atoms with Crippen molar-refractivity contribution in [1.29, 1.82) is 0 Å². The molecule has 0 saturated carbocycles. The van der Waals surface area contributed by atoms with E-state index in [4.69, 9.17) is 11.6 Å². The summed E-state index contributed by atoms with van der Waals surface area (Å²) in [6.45, 7) is -0.146. The van der Waals surface area contributed by atoms with E-state index in [1.165, 1.54) is 29.6 Å². The van der Waals surface area contributed by atoms with Gasteiger partial charge in [-0.2, -0.15) is 4.31 Å². The lowest BCUT2D eigenvalue weighted by atomic mass is 10.2. The van der Waals surface area contributed by atoms with Crippen LogP contribution in [0.25, 0.3) is 0 Å². The molecule has 1 aromatic carbocycles. The minimum Gasteiger partial charge on any atom is -0.392 e. The summed E-state index contributed by atoms with van der Waals surface area (Å²) in [5, 5.41) is 9.52. The predicted octanol–water partition coefficient (Wildman–Crippen LogP) is 2.05. The third-order valence-electron chi connectivity index (χ3n) is 3.01. The topological polar surface area (TPSA) is 70.5 Å². The second-order valence-corrected chi connectivity index (χ2v) is 6.95. The fraction of sp³-hybridized carbons (Fsp3) is 0.214. The molecule has 0 aliphatic rings. The zero-order valence-electron chi connectivity index (χ0n) is 11.4. The number of aliphatic hydroxyl groups excluding tert-OH is 1. The van der Waals surface area contributed by atoms with Gasteiger partial charge in [-0.3, -0.25) is 4.98 Å². The molecule has 0 fully saturated rings. The minimum absolute atomic E-state index is 0.0920. The third kappa shape index (κ3) is 3.59. The molecule has 0 saturated heterocycles. The Kier molecular flexibility index (Phi) is 4.95. The van der Waals surface area contributed by atoms with Crippen LogP contribution in [-0.4, -0.2) is 29.9 Å². The zero-order chi connectivity index (χ0) is 15.5. The molecule has 1 aromatic heterocycles. The standard InChI is InChI=1S/C14H15ClN2O3S/c1-17(9-12-4-2-3-7-16-12)21(19,20)13-5-6-14(15)11(8-13)10-18/h2-8,18H,9-10H2,1H3. The lowest BCUT2D eigenvalue weighted by Gasteiger charge is -2.17.